The van der Waals surface area contributed by atoms with Crippen LogP contribution in [0.3, 0.4) is 0 Å². The molecule has 2 aromatic rings. The molecule has 0 fully saturated rings. The van der Waals surface area contributed by atoms with Crippen LogP contribution in [0.15, 0.2) is 36.4 Å². The molecule has 3 nitrogen and oxygen atoms in total. The van der Waals surface area contributed by atoms with Crippen molar-refractivity contribution in [3.8, 4) is 22.6 Å². The van der Waals surface area contributed by atoms with E-state index in [4.69, 9.17) is 21.1 Å². The molecule has 2 aromatic carbocycles. The quantitative estimate of drug-likeness (QED) is 0.731. The first-order valence-electron chi connectivity index (χ1n) is 6.84. The highest BCUT2D eigenvalue weighted by molar-refractivity contribution is 6.31. The number of ether oxygens (including phenoxy) is 2. The molecule has 0 amide bonds. The number of benzene rings is 2. The zero-order chi connectivity index (χ0) is 15.2. The number of aldehydes is 1. The summed E-state index contributed by atoms with van der Waals surface area (Å²) in [4.78, 5) is 11.2. The van der Waals surface area contributed by atoms with Gasteiger partial charge in [0.2, 0.25) is 0 Å². The van der Waals surface area contributed by atoms with Gasteiger partial charge in [-0.25, -0.2) is 0 Å². The second kappa shape index (κ2) is 7.14. The van der Waals surface area contributed by atoms with Crippen LogP contribution in [-0.2, 0) is 0 Å². The predicted octanol–water partition coefficient (Wildman–Crippen LogP) is 4.62. The van der Waals surface area contributed by atoms with Crippen molar-refractivity contribution < 1.29 is 14.3 Å². The molecule has 4 heteroatoms. The molecule has 0 bridgehead atoms. The lowest BCUT2D eigenvalue weighted by Gasteiger charge is -2.13. The van der Waals surface area contributed by atoms with Crippen LogP contribution < -0.4 is 9.47 Å². The van der Waals surface area contributed by atoms with Gasteiger partial charge >= 0.3 is 0 Å². The molecule has 0 aliphatic rings. The van der Waals surface area contributed by atoms with Crippen molar-refractivity contribution in [2.45, 2.75) is 13.8 Å². The SMILES string of the molecule is CCOc1ccc(-c2cc(Cl)ccc2C=O)cc1OCC. The molecular weight excluding hydrogens is 288 g/mol. The molecule has 2 rings (SSSR count). The lowest BCUT2D eigenvalue weighted by atomic mass is 10.00. The largest absolute Gasteiger partial charge is 0.490 e. The van der Waals surface area contributed by atoms with Gasteiger partial charge in [-0.1, -0.05) is 17.7 Å². The van der Waals surface area contributed by atoms with Crippen molar-refractivity contribution in [3.05, 3.63) is 47.0 Å². The maximum absolute atomic E-state index is 11.2. The fourth-order valence-electron chi connectivity index (χ4n) is 2.10. The lowest BCUT2D eigenvalue weighted by Crippen LogP contribution is -1.99. The van der Waals surface area contributed by atoms with Crippen molar-refractivity contribution in [1.29, 1.82) is 0 Å². The first kappa shape index (κ1) is 15.4. The number of halogens is 1. The molecule has 0 aliphatic heterocycles. The average molecular weight is 305 g/mol. The molecule has 0 radical (unpaired) electrons. The summed E-state index contributed by atoms with van der Waals surface area (Å²) in [7, 11) is 0. The molecular formula is C17H17ClO3. The van der Waals surface area contributed by atoms with Gasteiger partial charge in [0.1, 0.15) is 0 Å². The van der Waals surface area contributed by atoms with Crippen molar-refractivity contribution in [3.63, 3.8) is 0 Å². The molecule has 0 heterocycles. The van der Waals surface area contributed by atoms with Crippen molar-refractivity contribution in [2.75, 3.05) is 13.2 Å². The van der Waals surface area contributed by atoms with Crippen molar-refractivity contribution in [2.24, 2.45) is 0 Å². The number of rotatable bonds is 6. The van der Waals surface area contributed by atoms with Crippen molar-refractivity contribution in [1.82, 2.24) is 0 Å². The minimum absolute atomic E-state index is 0.541. The summed E-state index contributed by atoms with van der Waals surface area (Å²) in [6.07, 6.45) is 0.822. The Labute approximate surface area is 129 Å². The Kier molecular flexibility index (Phi) is 5.23. The van der Waals surface area contributed by atoms with Crippen LogP contribution in [0.1, 0.15) is 24.2 Å². The van der Waals surface area contributed by atoms with Crippen LogP contribution in [0.2, 0.25) is 5.02 Å². The van der Waals surface area contributed by atoms with Crippen LogP contribution in [0.4, 0.5) is 0 Å². The molecule has 0 N–H and O–H groups in total. The van der Waals surface area contributed by atoms with Gasteiger partial charge in [0.15, 0.2) is 17.8 Å². The maximum atomic E-state index is 11.2. The lowest BCUT2D eigenvalue weighted by molar-refractivity contribution is 0.112. The second-order valence-electron chi connectivity index (χ2n) is 4.38. The summed E-state index contributed by atoms with van der Waals surface area (Å²) in [5, 5.41) is 0.586. The molecule has 0 aromatic heterocycles. The Bertz CT molecular complexity index is 638. The fourth-order valence-corrected chi connectivity index (χ4v) is 2.27. The molecule has 0 atom stereocenters. The van der Waals surface area contributed by atoms with Gasteiger partial charge in [0, 0.05) is 10.6 Å². The first-order valence-corrected chi connectivity index (χ1v) is 7.22. The summed E-state index contributed by atoms with van der Waals surface area (Å²) >= 11 is 6.03. The van der Waals surface area contributed by atoms with Crippen LogP contribution in [0.5, 0.6) is 11.5 Å². The Morgan fingerprint density at radius 3 is 2.38 bits per heavy atom. The van der Waals surface area contributed by atoms with Crippen molar-refractivity contribution >= 4 is 17.9 Å². The predicted molar refractivity (Wildman–Crippen MR) is 84.6 cm³/mol. The summed E-state index contributed by atoms with van der Waals surface area (Å²) in [5.41, 5.74) is 2.24. The highest BCUT2D eigenvalue weighted by Gasteiger charge is 2.10. The van der Waals surface area contributed by atoms with E-state index in [1.807, 2.05) is 32.0 Å². The van der Waals surface area contributed by atoms with E-state index in [1.165, 1.54) is 0 Å². The molecule has 0 spiro atoms. The van der Waals surface area contributed by atoms with E-state index < -0.39 is 0 Å². The summed E-state index contributed by atoms with van der Waals surface area (Å²) < 4.78 is 11.1. The molecule has 0 saturated carbocycles. The zero-order valence-electron chi connectivity index (χ0n) is 12.1. The second-order valence-corrected chi connectivity index (χ2v) is 4.81. The third kappa shape index (κ3) is 3.56. The van der Waals surface area contributed by atoms with Gasteiger partial charge in [-0.05, 0) is 55.3 Å². The summed E-state index contributed by atoms with van der Waals surface area (Å²) in [6, 6.07) is 10.8. The maximum Gasteiger partial charge on any atom is 0.161 e. The van der Waals surface area contributed by atoms with E-state index in [0.29, 0.717) is 35.3 Å². The van der Waals surface area contributed by atoms with Gasteiger partial charge in [-0.3, -0.25) is 4.79 Å². The number of carbonyl (C=O) groups is 1. The van der Waals surface area contributed by atoms with Gasteiger partial charge in [0.05, 0.1) is 13.2 Å². The van der Waals surface area contributed by atoms with Gasteiger partial charge in [-0.15, -0.1) is 0 Å². The van der Waals surface area contributed by atoms with E-state index in [-0.39, 0.29) is 0 Å². The van der Waals surface area contributed by atoms with E-state index in [1.54, 1.807) is 18.2 Å². The van der Waals surface area contributed by atoms with Gasteiger partial charge < -0.3 is 9.47 Å². The molecule has 110 valence electrons. The monoisotopic (exact) mass is 304 g/mol. The van der Waals surface area contributed by atoms with E-state index in [2.05, 4.69) is 0 Å². The molecule has 0 unspecified atom stereocenters. The van der Waals surface area contributed by atoms with Gasteiger partial charge in [0.25, 0.3) is 0 Å². The van der Waals surface area contributed by atoms with E-state index >= 15 is 0 Å². The molecule has 21 heavy (non-hydrogen) atoms. The Morgan fingerprint density at radius 2 is 1.71 bits per heavy atom. The smallest absolute Gasteiger partial charge is 0.161 e. The molecule has 0 aliphatic carbocycles. The minimum atomic E-state index is 0.541. The number of carbonyl (C=O) groups excluding carboxylic acids is 1. The van der Waals surface area contributed by atoms with E-state index in [9.17, 15) is 4.79 Å². The van der Waals surface area contributed by atoms with Crippen LogP contribution in [0, 0.1) is 0 Å². The number of hydrogen-bond acceptors (Lipinski definition) is 3. The van der Waals surface area contributed by atoms with Crippen LogP contribution >= 0.6 is 11.6 Å². The number of hydrogen-bond donors (Lipinski definition) is 0. The normalized spacial score (nSPS) is 10.2. The Morgan fingerprint density at radius 1 is 1.00 bits per heavy atom. The van der Waals surface area contributed by atoms with Gasteiger partial charge in [-0.2, -0.15) is 0 Å². The Hall–Kier alpha value is -2.00. The van der Waals surface area contributed by atoms with Crippen LogP contribution in [0.25, 0.3) is 11.1 Å². The van der Waals surface area contributed by atoms with Crippen LogP contribution in [-0.4, -0.2) is 19.5 Å². The first-order chi connectivity index (χ1) is 10.2. The zero-order valence-corrected chi connectivity index (χ0v) is 12.8. The average Bonchev–Trinajstić information content (AvgIpc) is 2.49. The highest BCUT2D eigenvalue weighted by Crippen LogP contribution is 2.34. The highest BCUT2D eigenvalue weighted by atomic mass is 35.5. The topological polar surface area (TPSA) is 35.5 Å². The standard InChI is InChI=1S/C17H17ClO3/c1-3-20-16-8-6-12(9-17(16)21-4-2)15-10-14(18)7-5-13(15)11-19/h5-11H,3-4H2,1-2H3. The summed E-state index contributed by atoms with van der Waals surface area (Å²) in [5.74, 6) is 1.35. The Balaban J connectivity index is 2.51. The third-order valence-corrected chi connectivity index (χ3v) is 3.23. The molecule has 0 saturated heterocycles. The fraction of sp³-hybridized carbons (Fsp3) is 0.235. The summed E-state index contributed by atoms with van der Waals surface area (Å²) in [6.45, 7) is 4.94. The third-order valence-electron chi connectivity index (χ3n) is 3.00. The minimum Gasteiger partial charge on any atom is -0.490 e. The van der Waals surface area contributed by atoms with E-state index in [0.717, 1.165) is 17.4 Å².